The molecular weight excluding hydrogens is 338 g/mol. The minimum atomic E-state index is -0.362. The summed E-state index contributed by atoms with van der Waals surface area (Å²) in [4.78, 5) is 12.0. The average molecular weight is 355 g/mol. The molecule has 0 saturated heterocycles. The number of hydrogen-bond acceptors (Lipinski definition) is 1. The molecule has 0 fully saturated rings. The molecule has 0 unspecified atom stereocenters. The first kappa shape index (κ1) is 17.6. The van der Waals surface area contributed by atoms with E-state index in [2.05, 4.69) is 10.6 Å². The third-order valence-corrected chi connectivity index (χ3v) is 3.87. The molecule has 0 aromatic heterocycles. The van der Waals surface area contributed by atoms with Gasteiger partial charge in [0.1, 0.15) is 5.82 Å². The maximum absolute atomic E-state index is 13.0. The minimum Gasteiger partial charge on any atom is -0.337 e. The average Bonchev–Trinajstić information content (AvgIpc) is 2.44. The molecule has 0 radical (unpaired) electrons. The quantitative estimate of drug-likeness (QED) is 0.775. The molecule has 2 amide bonds. The Labute approximate surface area is 144 Å². The van der Waals surface area contributed by atoms with Crippen LogP contribution in [0.5, 0.6) is 0 Å². The van der Waals surface area contributed by atoms with Crippen LogP contribution < -0.4 is 10.6 Å². The topological polar surface area (TPSA) is 41.1 Å². The molecule has 0 bridgehead atoms. The highest BCUT2D eigenvalue weighted by atomic mass is 35.5. The molecule has 0 atom stereocenters. The molecule has 2 rings (SSSR count). The Hall–Kier alpha value is -1.78. The van der Waals surface area contributed by atoms with E-state index in [4.69, 9.17) is 23.2 Å². The van der Waals surface area contributed by atoms with E-state index in [1.165, 1.54) is 12.1 Å². The number of anilines is 1. The number of carbonyl (C=O) groups is 1. The van der Waals surface area contributed by atoms with Crippen LogP contribution in [0.25, 0.3) is 0 Å². The molecule has 0 spiro atoms. The molecule has 122 valence electrons. The van der Waals surface area contributed by atoms with Crippen molar-refractivity contribution >= 4 is 34.9 Å². The third kappa shape index (κ3) is 5.12. The molecule has 23 heavy (non-hydrogen) atoms. The lowest BCUT2D eigenvalue weighted by Crippen LogP contribution is -2.39. The highest BCUT2D eigenvalue weighted by molar-refractivity contribution is 6.35. The smallest absolute Gasteiger partial charge is 0.319 e. The van der Waals surface area contributed by atoms with Gasteiger partial charge in [0.15, 0.2) is 0 Å². The SMILES string of the molecule is CC(C)(CNC(=O)Nc1cc(Cl)cc(Cl)c1)c1ccc(F)cc1. The van der Waals surface area contributed by atoms with Gasteiger partial charge in [0.25, 0.3) is 0 Å². The van der Waals surface area contributed by atoms with Crippen molar-refractivity contribution in [3.05, 3.63) is 63.9 Å². The van der Waals surface area contributed by atoms with Crippen LogP contribution in [-0.2, 0) is 5.41 Å². The lowest BCUT2D eigenvalue weighted by molar-refractivity contribution is 0.249. The Morgan fingerprint density at radius 1 is 1.09 bits per heavy atom. The van der Waals surface area contributed by atoms with E-state index in [9.17, 15) is 9.18 Å². The molecule has 2 N–H and O–H groups in total. The lowest BCUT2D eigenvalue weighted by atomic mass is 9.84. The first-order valence-electron chi connectivity index (χ1n) is 7.03. The molecule has 6 heteroatoms. The summed E-state index contributed by atoms with van der Waals surface area (Å²) in [5.41, 5.74) is 1.11. The number of rotatable bonds is 4. The number of carbonyl (C=O) groups excluding carboxylic acids is 1. The van der Waals surface area contributed by atoms with Crippen molar-refractivity contribution in [2.45, 2.75) is 19.3 Å². The Bertz CT molecular complexity index is 682. The number of hydrogen-bond donors (Lipinski definition) is 2. The van der Waals surface area contributed by atoms with Crippen molar-refractivity contribution in [2.75, 3.05) is 11.9 Å². The second-order valence-corrected chi connectivity index (χ2v) is 6.73. The fourth-order valence-electron chi connectivity index (χ4n) is 2.11. The Morgan fingerprint density at radius 3 is 2.22 bits per heavy atom. The van der Waals surface area contributed by atoms with E-state index in [1.807, 2.05) is 13.8 Å². The van der Waals surface area contributed by atoms with E-state index in [1.54, 1.807) is 30.3 Å². The van der Waals surface area contributed by atoms with Gasteiger partial charge < -0.3 is 10.6 Å². The fraction of sp³-hybridized carbons (Fsp3) is 0.235. The molecule has 2 aromatic rings. The summed E-state index contributed by atoms with van der Waals surface area (Å²) in [7, 11) is 0. The third-order valence-electron chi connectivity index (χ3n) is 3.44. The van der Waals surface area contributed by atoms with E-state index < -0.39 is 0 Å². The second-order valence-electron chi connectivity index (χ2n) is 5.86. The maximum Gasteiger partial charge on any atom is 0.319 e. The highest BCUT2D eigenvalue weighted by Crippen LogP contribution is 2.24. The predicted molar refractivity (Wildman–Crippen MR) is 92.9 cm³/mol. The summed E-state index contributed by atoms with van der Waals surface area (Å²) in [6, 6.07) is 10.7. The van der Waals surface area contributed by atoms with Crippen molar-refractivity contribution in [1.29, 1.82) is 0 Å². The van der Waals surface area contributed by atoms with Crippen LogP contribution in [-0.4, -0.2) is 12.6 Å². The van der Waals surface area contributed by atoms with Crippen molar-refractivity contribution in [3.63, 3.8) is 0 Å². The molecule has 2 aromatic carbocycles. The maximum atomic E-state index is 13.0. The lowest BCUT2D eigenvalue weighted by Gasteiger charge is -2.25. The molecular formula is C17H17Cl2FN2O. The van der Waals surface area contributed by atoms with Crippen LogP contribution in [0.1, 0.15) is 19.4 Å². The fourth-order valence-corrected chi connectivity index (χ4v) is 2.63. The van der Waals surface area contributed by atoms with Gasteiger partial charge in [-0.3, -0.25) is 0 Å². The Kier molecular flexibility index (Phi) is 5.50. The van der Waals surface area contributed by atoms with Gasteiger partial charge in [-0.1, -0.05) is 49.2 Å². The number of amides is 2. The van der Waals surface area contributed by atoms with E-state index >= 15 is 0 Å². The first-order valence-corrected chi connectivity index (χ1v) is 7.79. The van der Waals surface area contributed by atoms with Crippen molar-refractivity contribution in [1.82, 2.24) is 5.32 Å². The number of benzene rings is 2. The summed E-state index contributed by atoms with van der Waals surface area (Å²) >= 11 is 11.8. The van der Waals surface area contributed by atoms with Crippen molar-refractivity contribution in [3.8, 4) is 0 Å². The van der Waals surface area contributed by atoms with Gasteiger partial charge >= 0.3 is 6.03 Å². The molecule has 0 aliphatic heterocycles. The summed E-state index contributed by atoms with van der Waals surface area (Å²) in [6.07, 6.45) is 0. The van der Waals surface area contributed by atoms with Gasteiger partial charge in [-0.2, -0.15) is 0 Å². The van der Waals surface area contributed by atoms with E-state index in [0.717, 1.165) is 5.56 Å². The van der Waals surface area contributed by atoms with E-state index in [0.29, 0.717) is 22.3 Å². The first-order chi connectivity index (χ1) is 10.8. The van der Waals surface area contributed by atoms with Crippen LogP contribution in [0.2, 0.25) is 10.0 Å². The number of nitrogens with one attached hydrogen (secondary N) is 2. The second kappa shape index (κ2) is 7.20. The normalized spacial score (nSPS) is 11.2. The van der Waals surface area contributed by atoms with Gasteiger partial charge in [0.2, 0.25) is 0 Å². The van der Waals surface area contributed by atoms with Gasteiger partial charge in [-0.05, 0) is 35.9 Å². The van der Waals surface area contributed by atoms with Crippen LogP contribution in [0.15, 0.2) is 42.5 Å². The standard InChI is InChI=1S/C17H17Cl2FN2O/c1-17(2,11-3-5-14(20)6-4-11)10-21-16(23)22-15-8-12(18)7-13(19)9-15/h3-9H,10H2,1-2H3,(H2,21,22,23). The zero-order valence-electron chi connectivity index (χ0n) is 12.8. The molecule has 0 aliphatic carbocycles. The van der Waals surface area contributed by atoms with E-state index in [-0.39, 0.29) is 17.3 Å². The monoisotopic (exact) mass is 354 g/mol. The van der Waals surface area contributed by atoms with Crippen LogP contribution in [0.4, 0.5) is 14.9 Å². The van der Waals surface area contributed by atoms with Gasteiger partial charge in [-0.25, -0.2) is 9.18 Å². The van der Waals surface area contributed by atoms with Gasteiger partial charge in [0.05, 0.1) is 0 Å². The summed E-state index contributed by atoms with van der Waals surface area (Å²) in [5.74, 6) is -0.284. The van der Waals surface area contributed by atoms with Crippen LogP contribution in [0.3, 0.4) is 0 Å². The minimum absolute atomic E-state index is 0.284. The molecule has 3 nitrogen and oxygen atoms in total. The summed E-state index contributed by atoms with van der Waals surface area (Å²) < 4.78 is 13.0. The zero-order chi connectivity index (χ0) is 17.0. The highest BCUT2D eigenvalue weighted by Gasteiger charge is 2.21. The van der Waals surface area contributed by atoms with Gasteiger partial charge in [0, 0.05) is 27.7 Å². The summed E-state index contributed by atoms with van der Waals surface area (Å²) in [6.45, 7) is 4.33. The molecule has 0 heterocycles. The van der Waals surface area contributed by atoms with Crippen molar-refractivity contribution in [2.24, 2.45) is 0 Å². The largest absolute Gasteiger partial charge is 0.337 e. The van der Waals surface area contributed by atoms with Crippen molar-refractivity contribution < 1.29 is 9.18 Å². The predicted octanol–water partition coefficient (Wildman–Crippen LogP) is 5.23. The van der Waals surface area contributed by atoms with Crippen LogP contribution in [0, 0.1) is 5.82 Å². The molecule has 0 aliphatic rings. The number of halogens is 3. The Balaban J connectivity index is 1.96. The number of urea groups is 1. The zero-order valence-corrected chi connectivity index (χ0v) is 14.3. The van der Waals surface area contributed by atoms with Gasteiger partial charge in [-0.15, -0.1) is 0 Å². The van der Waals surface area contributed by atoms with Crippen LogP contribution >= 0.6 is 23.2 Å². The Morgan fingerprint density at radius 2 is 1.65 bits per heavy atom. The summed E-state index contributed by atoms with van der Waals surface area (Å²) in [5, 5.41) is 6.36. The molecule has 0 saturated carbocycles.